The van der Waals surface area contributed by atoms with Crippen LogP contribution in [0, 0.1) is 6.92 Å². The number of likely N-dealkylation sites (tertiary alicyclic amines) is 1. The van der Waals surface area contributed by atoms with E-state index in [9.17, 15) is 14.4 Å². The minimum atomic E-state index is -0.824. The minimum absolute atomic E-state index is 0.0346. The summed E-state index contributed by atoms with van der Waals surface area (Å²) in [6.07, 6.45) is -0.0346. The maximum atomic E-state index is 13.1. The van der Waals surface area contributed by atoms with Gasteiger partial charge in [-0.15, -0.1) is 0 Å². The predicted octanol–water partition coefficient (Wildman–Crippen LogP) is 2.66. The Morgan fingerprint density at radius 2 is 1.80 bits per heavy atom. The van der Waals surface area contributed by atoms with Gasteiger partial charge in [-0.25, -0.2) is 0 Å². The molecular weight excluding hydrogens is 384 g/mol. The Morgan fingerprint density at radius 3 is 2.57 bits per heavy atom. The molecule has 3 heterocycles. The first kappa shape index (κ1) is 18.1. The Bertz CT molecular complexity index is 1300. The molecule has 0 bridgehead atoms. The molecule has 1 aliphatic heterocycles. The third-order valence-electron chi connectivity index (χ3n) is 5.37. The van der Waals surface area contributed by atoms with Crippen LogP contribution in [0.1, 0.15) is 29.2 Å². The molecule has 8 heteroatoms. The van der Waals surface area contributed by atoms with E-state index in [4.69, 9.17) is 4.42 Å². The molecule has 0 spiro atoms. The maximum absolute atomic E-state index is 13.1. The molecule has 0 radical (unpaired) electrons. The molecule has 1 aliphatic rings. The summed E-state index contributed by atoms with van der Waals surface area (Å²) in [5, 5.41) is 2.93. The summed E-state index contributed by atoms with van der Waals surface area (Å²) in [5.41, 5.74) is 2.37. The number of rotatable bonds is 4. The molecule has 150 valence electrons. The van der Waals surface area contributed by atoms with Gasteiger partial charge in [0.25, 0.3) is 5.56 Å². The van der Waals surface area contributed by atoms with E-state index < -0.39 is 11.5 Å². The van der Waals surface area contributed by atoms with Gasteiger partial charge in [0, 0.05) is 12.1 Å². The second-order valence-electron chi connectivity index (χ2n) is 7.32. The summed E-state index contributed by atoms with van der Waals surface area (Å²) in [6.45, 7) is 1.89. The lowest BCUT2D eigenvalue weighted by atomic mass is 9.98. The Balaban J connectivity index is 1.50. The van der Waals surface area contributed by atoms with E-state index >= 15 is 0 Å². The van der Waals surface area contributed by atoms with Crippen molar-refractivity contribution in [2.24, 2.45) is 0 Å². The molecule has 30 heavy (non-hydrogen) atoms. The van der Waals surface area contributed by atoms with Crippen molar-refractivity contribution >= 4 is 22.9 Å². The highest BCUT2D eigenvalue weighted by Gasteiger charge is 2.42. The third-order valence-corrected chi connectivity index (χ3v) is 5.37. The molecule has 8 nitrogen and oxygen atoms in total. The van der Waals surface area contributed by atoms with Crippen LogP contribution in [0.2, 0.25) is 0 Å². The molecule has 1 N–H and O–H groups in total. The highest BCUT2D eigenvalue weighted by Crippen LogP contribution is 2.31. The summed E-state index contributed by atoms with van der Waals surface area (Å²) in [7, 11) is 0. The van der Waals surface area contributed by atoms with Crippen molar-refractivity contribution in [2.75, 3.05) is 0 Å². The smallest absolute Gasteiger partial charge is 0.325 e. The largest absolute Gasteiger partial charge is 0.422 e. The molecule has 2 aromatic heterocycles. The van der Waals surface area contributed by atoms with Gasteiger partial charge in [-0.1, -0.05) is 42.5 Å². The number of fused-ring (bicyclic) bond motifs is 1. The van der Waals surface area contributed by atoms with E-state index in [2.05, 4.69) is 10.1 Å². The molecule has 1 fully saturated rings. The number of aromatic amines is 1. The number of carbonyl (C=O) groups excluding carboxylic acids is 2. The van der Waals surface area contributed by atoms with Crippen LogP contribution < -0.4 is 5.56 Å². The van der Waals surface area contributed by atoms with Crippen LogP contribution in [0.3, 0.4) is 0 Å². The van der Waals surface area contributed by atoms with Crippen LogP contribution in [-0.2, 0) is 16.1 Å². The van der Waals surface area contributed by atoms with E-state index in [1.165, 1.54) is 9.58 Å². The zero-order chi connectivity index (χ0) is 20.8. The number of hydrogen-bond donors (Lipinski definition) is 1. The fourth-order valence-electron chi connectivity index (χ4n) is 3.90. The van der Waals surface area contributed by atoms with Crippen molar-refractivity contribution in [3.05, 3.63) is 81.8 Å². The van der Waals surface area contributed by atoms with Gasteiger partial charge in [0.05, 0.1) is 18.0 Å². The molecule has 1 unspecified atom stereocenters. The summed E-state index contributed by atoms with van der Waals surface area (Å²) >= 11 is 0. The number of hydrogen-bond acceptors (Lipinski definition) is 5. The number of nitrogens with zero attached hydrogens (tertiary/aromatic N) is 3. The Kier molecular flexibility index (Phi) is 4.13. The van der Waals surface area contributed by atoms with Gasteiger partial charge in [0.2, 0.25) is 11.8 Å². The van der Waals surface area contributed by atoms with Crippen LogP contribution >= 0.6 is 0 Å². The number of aryl methyl sites for hydroxylation is 1. The standard InChI is InChI=1S/C22H18N4O4/c1-13-19(15-11-18(27)25(20(15)28)12-14-7-3-2-4-8-14)21(29)26(24-13)22-23-16-9-5-6-10-17(16)30-22/h2-10,15,24H,11-12H2,1H3. The number of imide groups is 1. The lowest BCUT2D eigenvalue weighted by Crippen LogP contribution is -2.30. The molecule has 2 aromatic carbocycles. The Morgan fingerprint density at radius 1 is 1.07 bits per heavy atom. The lowest BCUT2D eigenvalue weighted by molar-refractivity contribution is -0.139. The van der Waals surface area contributed by atoms with Gasteiger partial charge < -0.3 is 4.42 Å². The Hall–Kier alpha value is -3.94. The quantitative estimate of drug-likeness (QED) is 0.529. The van der Waals surface area contributed by atoms with E-state index in [1.807, 2.05) is 42.5 Å². The Labute approximate surface area is 170 Å². The molecule has 4 aromatic rings. The van der Waals surface area contributed by atoms with Crippen molar-refractivity contribution in [1.29, 1.82) is 0 Å². The van der Waals surface area contributed by atoms with Gasteiger partial charge in [-0.2, -0.15) is 9.67 Å². The van der Waals surface area contributed by atoms with Gasteiger partial charge >= 0.3 is 6.01 Å². The molecule has 1 saturated heterocycles. The number of aromatic nitrogens is 3. The first-order valence-corrected chi connectivity index (χ1v) is 9.58. The topological polar surface area (TPSA) is 101 Å². The average Bonchev–Trinajstić information content (AvgIpc) is 3.38. The number of carbonyl (C=O) groups is 2. The van der Waals surface area contributed by atoms with Crippen molar-refractivity contribution in [1.82, 2.24) is 19.7 Å². The van der Waals surface area contributed by atoms with Crippen LogP contribution in [0.15, 0.2) is 63.8 Å². The first-order chi connectivity index (χ1) is 14.5. The molecule has 0 saturated carbocycles. The molecule has 5 rings (SSSR count). The van der Waals surface area contributed by atoms with Crippen LogP contribution in [0.5, 0.6) is 0 Å². The number of para-hydroxylation sites is 2. The monoisotopic (exact) mass is 402 g/mol. The van der Waals surface area contributed by atoms with Gasteiger partial charge in [-0.3, -0.25) is 24.4 Å². The summed E-state index contributed by atoms with van der Waals surface area (Å²) in [6, 6.07) is 16.6. The number of oxazole rings is 1. The second-order valence-corrected chi connectivity index (χ2v) is 7.32. The summed E-state index contributed by atoms with van der Waals surface area (Å²) < 4.78 is 6.86. The number of nitrogens with one attached hydrogen (secondary N) is 1. The highest BCUT2D eigenvalue weighted by atomic mass is 16.4. The van der Waals surface area contributed by atoms with Crippen molar-refractivity contribution < 1.29 is 14.0 Å². The minimum Gasteiger partial charge on any atom is -0.422 e. The van der Waals surface area contributed by atoms with Crippen LogP contribution in [-0.4, -0.2) is 31.5 Å². The molecule has 0 aliphatic carbocycles. The van der Waals surface area contributed by atoms with Crippen molar-refractivity contribution in [3.8, 4) is 6.01 Å². The van der Waals surface area contributed by atoms with E-state index in [1.54, 1.807) is 19.1 Å². The third kappa shape index (κ3) is 2.85. The van der Waals surface area contributed by atoms with Gasteiger partial charge in [-0.05, 0) is 24.6 Å². The maximum Gasteiger partial charge on any atom is 0.325 e. The first-order valence-electron chi connectivity index (χ1n) is 9.58. The fraction of sp³-hybridized carbons (Fsp3) is 0.182. The van der Waals surface area contributed by atoms with E-state index in [0.29, 0.717) is 16.8 Å². The highest BCUT2D eigenvalue weighted by molar-refractivity contribution is 6.06. The zero-order valence-electron chi connectivity index (χ0n) is 16.2. The fourth-order valence-corrected chi connectivity index (χ4v) is 3.90. The number of H-pyrrole nitrogens is 1. The number of benzene rings is 2. The molecule has 1 atom stereocenters. The van der Waals surface area contributed by atoms with Crippen molar-refractivity contribution in [2.45, 2.75) is 25.8 Å². The lowest BCUT2D eigenvalue weighted by Gasteiger charge is -2.14. The summed E-state index contributed by atoms with van der Waals surface area (Å²) in [5.74, 6) is -1.48. The molecular formula is C22H18N4O4. The normalized spacial score (nSPS) is 16.7. The zero-order valence-corrected chi connectivity index (χ0v) is 16.2. The second kappa shape index (κ2) is 6.84. The van der Waals surface area contributed by atoms with Gasteiger partial charge in [0.1, 0.15) is 5.52 Å². The van der Waals surface area contributed by atoms with Gasteiger partial charge in [0.15, 0.2) is 5.58 Å². The van der Waals surface area contributed by atoms with Crippen LogP contribution in [0.25, 0.3) is 17.1 Å². The van der Waals surface area contributed by atoms with E-state index in [0.717, 1.165) is 5.56 Å². The number of amides is 2. The van der Waals surface area contributed by atoms with Crippen molar-refractivity contribution in [3.63, 3.8) is 0 Å². The van der Waals surface area contributed by atoms with E-state index in [-0.39, 0.29) is 36.4 Å². The SMILES string of the molecule is Cc1[nH]n(-c2nc3ccccc3o2)c(=O)c1C1CC(=O)N(Cc2ccccc2)C1=O. The summed E-state index contributed by atoms with van der Waals surface area (Å²) in [4.78, 5) is 44.2. The predicted molar refractivity (Wildman–Crippen MR) is 108 cm³/mol. The average molecular weight is 402 g/mol. The van der Waals surface area contributed by atoms with Crippen LogP contribution in [0.4, 0.5) is 0 Å². The molecule has 2 amide bonds.